The van der Waals surface area contributed by atoms with Gasteiger partial charge in [-0.25, -0.2) is 9.18 Å². The molecule has 0 saturated heterocycles. The van der Waals surface area contributed by atoms with E-state index in [1.807, 2.05) is 30.3 Å². The first-order valence-electron chi connectivity index (χ1n) is 7.67. The van der Waals surface area contributed by atoms with Gasteiger partial charge in [-0.1, -0.05) is 36.4 Å². The van der Waals surface area contributed by atoms with E-state index in [-0.39, 0.29) is 12.0 Å². The number of hydrogen-bond acceptors (Lipinski definition) is 3. The second-order valence-corrected chi connectivity index (χ2v) is 5.54. The zero-order valence-corrected chi connectivity index (χ0v) is 13.1. The molecule has 0 spiro atoms. The number of carboxylic acid groups (broad SMARTS) is 1. The minimum atomic E-state index is -1.21. The van der Waals surface area contributed by atoms with Gasteiger partial charge in [-0.15, -0.1) is 0 Å². The van der Waals surface area contributed by atoms with E-state index >= 15 is 0 Å². The van der Waals surface area contributed by atoms with Crippen molar-refractivity contribution in [2.45, 2.75) is 12.5 Å². The molecule has 1 aromatic heterocycles. The standard InChI is InChI=1S/C19H15FN2O3/c20-15-7-3-2-6-14(15)18(23)22-17(19(24)25)11-13-10-9-12-5-1-4-8-16(12)21-13/h1-10,17H,11H2,(H,22,23)(H,24,25)/t17-/m1/s1. The maximum Gasteiger partial charge on any atom is 0.326 e. The number of nitrogens with zero attached hydrogens (tertiary/aromatic N) is 1. The lowest BCUT2D eigenvalue weighted by molar-refractivity contribution is -0.139. The van der Waals surface area contributed by atoms with Crippen LogP contribution in [0, 0.1) is 5.82 Å². The molecule has 3 aromatic rings. The Kier molecular flexibility index (Phi) is 4.70. The third kappa shape index (κ3) is 3.80. The molecule has 0 aliphatic heterocycles. The van der Waals surface area contributed by atoms with Gasteiger partial charge in [0.1, 0.15) is 11.9 Å². The second-order valence-electron chi connectivity index (χ2n) is 5.54. The summed E-state index contributed by atoms with van der Waals surface area (Å²) in [5.74, 6) is -2.68. The van der Waals surface area contributed by atoms with Crippen LogP contribution in [0.2, 0.25) is 0 Å². The third-order valence-corrected chi connectivity index (χ3v) is 3.79. The van der Waals surface area contributed by atoms with Crippen LogP contribution in [-0.4, -0.2) is 28.0 Å². The summed E-state index contributed by atoms with van der Waals surface area (Å²) < 4.78 is 13.7. The average molecular weight is 338 g/mol. The number of nitrogens with one attached hydrogen (secondary N) is 1. The molecular formula is C19H15FN2O3. The van der Waals surface area contributed by atoms with Crippen molar-refractivity contribution < 1.29 is 19.1 Å². The Bertz CT molecular complexity index is 943. The highest BCUT2D eigenvalue weighted by atomic mass is 19.1. The lowest BCUT2D eigenvalue weighted by Crippen LogP contribution is -2.42. The van der Waals surface area contributed by atoms with E-state index in [2.05, 4.69) is 10.3 Å². The van der Waals surface area contributed by atoms with E-state index in [1.54, 1.807) is 6.07 Å². The number of pyridine rings is 1. The quantitative estimate of drug-likeness (QED) is 0.750. The molecular weight excluding hydrogens is 323 g/mol. The Morgan fingerprint density at radius 2 is 1.76 bits per heavy atom. The Morgan fingerprint density at radius 3 is 2.52 bits per heavy atom. The number of amides is 1. The van der Waals surface area contributed by atoms with E-state index in [1.165, 1.54) is 18.2 Å². The molecule has 25 heavy (non-hydrogen) atoms. The lowest BCUT2D eigenvalue weighted by atomic mass is 10.1. The molecule has 0 radical (unpaired) electrons. The number of carbonyl (C=O) groups excluding carboxylic acids is 1. The first-order chi connectivity index (χ1) is 12.0. The number of aromatic nitrogens is 1. The number of carbonyl (C=O) groups is 2. The molecule has 2 N–H and O–H groups in total. The molecule has 0 aliphatic rings. The molecule has 6 heteroatoms. The maximum absolute atomic E-state index is 13.7. The zero-order valence-electron chi connectivity index (χ0n) is 13.1. The van der Waals surface area contributed by atoms with Crippen LogP contribution in [0.1, 0.15) is 16.1 Å². The first-order valence-corrected chi connectivity index (χ1v) is 7.67. The van der Waals surface area contributed by atoms with E-state index in [0.29, 0.717) is 5.69 Å². The van der Waals surface area contributed by atoms with Crippen molar-refractivity contribution >= 4 is 22.8 Å². The van der Waals surface area contributed by atoms with Crippen molar-refractivity contribution in [1.82, 2.24) is 10.3 Å². The van der Waals surface area contributed by atoms with Crippen LogP contribution >= 0.6 is 0 Å². The minimum absolute atomic E-state index is 0.000357. The van der Waals surface area contributed by atoms with Crippen LogP contribution in [0.15, 0.2) is 60.7 Å². The molecule has 5 nitrogen and oxygen atoms in total. The van der Waals surface area contributed by atoms with Crippen molar-refractivity contribution in [2.75, 3.05) is 0 Å². The summed E-state index contributed by atoms with van der Waals surface area (Å²) in [5.41, 5.74) is 1.07. The molecule has 2 aromatic carbocycles. The smallest absolute Gasteiger partial charge is 0.326 e. The highest BCUT2D eigenvalue weighted by Gasteiger charge is 2.23. The Labute approximate surface area is 143 Å². The summed E-state index contributed by atoms with van der Waals surface area (Å²) in [6, 6.07) is 15.2. The average Bonchev–Trinajstić information content (AvgIpc) is 2.61. The van der Waals surface area contributed by atoms with Gasteiger partial charge in [0.05, 0.1) is 11.1 Å². The van der Waals surface area contributed by atoms with Crippen LogP contribution in [0.3, 0.4) is 0 Å². The predicted molar refractivity (Wildman–Crippen MR) is 90.7 cm³/mol. The van der Waals surface area contributed by atoms with Gasteiger partial charge >= 0.3 is 5.97 Å². The largest absolute Gasteiger partial charge is 0.480 e. The molecule has 3 rings (SSSR count). The minimum Gasteiger partial charge on any atom is -0.480 e. The summed E-state index contributed by atoms with van der Waals surface area (Å²) in [5, 5.41) is 12.7. The predicted octanol–water partition coefficient (Wildman–Crippen LogP) is 2.80. The molecule has 1 heterocycles. The van der Waals surface area contributed by atoms with E-state index in [0.717, 1.165) is 17.0 Å². The highest BCUT2D eigenvalue weighted by Crippen LogP contribution is 2.13. The number of carboxylic acids is 1. The van der Waals surface area contributed by atoms with Crippen LogP contribution < -0.4 is 5.32 Å². The van der Waals surface area contributed by atoms with Crippen LogP contribution in [0.5, 0.6) is 0 Å². The molecule has 1 atom stereocenters. The Balaban J connectivity index is 1.80. The fraction of sp³-hybridized carbons (Fsp3) is 0.105. The van der Waals surface area contributed by atoms with Crippen molar-refractivity contribution in [3.8, 4) is 0 Å². The molecule has 126 valence electrons. The van der Waals surface area contributed by atoms with Crippen molar-refractivity contribution in [2.24, 2.45) is 0 Å². The van der Waals surface area contributed by atoms with Crippen LogP contribution in [0.4, 0.5) is 4.39 Å². The SMILES string of the molecule is O=C(N[C@H](Cc1ccc2ccccc2n1)C(=O)O)c1ccccc1F. The van der Waals surface area contributed by atoms with E-state index in [4.69, 9.17) is 0 Å². The molecule has 0 fully saturated rings. The second kappa shape index (κ2) is 7.09. The van der Waals surface area contributed by atoms with Crippen LogP contribution in [-0.2, 0) is 11.2 Å². The first kappa shape index (κ1) is 16.6. The number of halogens is 1. The van der Waals surface area contributed by atoms with Gasteiger partial charge in [0.25, 0.3) is 5.91 Å². The van der Waals surface area contributed by atoms with E-state index < -0.39 is 23.7 Å². The van der Waals surface area contributed by atoms with Gasteiger partial charge in [-0.2, -0.15) is 0 Å². The number of aliphatic carboxylic acids is 1. The van der Waals surface area contributed by atoms with Gasteiger partial charge in [0.2, 0.25) is 0 Å². The highest BCUT2D eigenvalue weighted by molar-refractivity contribution is 5.96. The number of fused-ring (bicyclic) bond motifs is 1. The number of rotatable bonds is 5. The molecule has 0 saturated carbocycles. The summed E-state index contributed by atoms with van der Waals surface area (Å²) >= 11 is 0. The lowest BCUT2D eigenvalue weighted by Gasteiger charge is -2.15. The fourth-order valence-corrected chi connectivity index (χ4v) is 2.51. The molecule has 0 bridgehead atoms. The maximum atomic E-state index is 13.7. The van der Waals surface area contributed by atoms with Gasteiger partial charge < -0.3 is 10.4 Å². The summed E-state index contributed by atoms with van der Waals surface area (Å²) in [6.45, 7) is 0. The normalized spacial score (nSPS) is 11.9. The molecule has 0 aliphatic carbocycles. The summed E-state index contributed by atoms with van der Waals surface area (Å²) in [4.78, 5) is 28.0. The number of para-hydroxylation sites is 1. The van der Waals surface area contributed by atoms with Gasteiger partial charge in [0.15, 0.2) is 0 Å². The monoisotopic (exact) mass is 338 g/mol. The van der Waals surface area contributed by atoms with Gasteiger partial charge in [0, 0.05) is 17.5 Å². The van der Waals surface area contributed by atoms with Gasteiger partial charge in [-0.3, -0.25) is 9.78 Å². The van der Waals surface area contributed by atoms with Gasteiger partial charge in [-0.05, 0) is 24.3 Å². The topological polar surface area (TPSA) is 79.3 Å². The van der Waals surface area contributed by atoms with E-state index in [9.17, 15) is 19.1 Å². The van der Waals surface area contributed by atoms with Crippen LogP contribution in [0.25, 0.3) is 10.9 Å². The molecule has 0 unspecified atom stereocenters. The third-order valence-electron chi connectivity index (χ3n) is 3.79. The van der Waals surface area contributed by atoms with Crippen molar-refractivity contribution in [3.05, 3.63) is 77.7 Å². The zero-order chi connectivity index (χ0) is 17.8. The number of hydrogen-bond donors (Lipinski definition) is 2. The summed E-state index contributed by atoms with van der Waals surface area (Å²) in [7, 11) is 0. The Hall–Kier alpha value is -3.28. The molecule has 1 amide bonds. The summed E-state index contributed by atoms with van der Waals surface area (Å²) in [6.07, 6.45) is 0.000357. The number of benzene rings is 2. The van der Waals surface area contributed by atoms with Crippen molar-refractivity contribution in [3.63, 3.8) is 0 Å². The Morgan fingerprint density at radius 1 is 1.04 bits per heavy atom. The fourth-order valence-electron chi connectivity index (χ4n) is 2.51. The van der Waals surface area contributed by atoms with Crippen molar-refractivity contribution in [1.29, 1.82) is 0 Å².